The molecule has 1 aliphatic heterocycles. The van der Waals surface area contributed by atoms with Gasteiger partial charge in [0, 0.05) is 25.0 Å². The molecule has 60 valence electrons. The Hall–Kier alpha value is -0.400. The lowest BCUT2D eigenvalue weighted by Gasteiger charge is -2.23. The first-order valence-corrected chi connectivity index (χ1v) is 5.24. The molecule has 0 saturated heterocycles. The number of nitrogens with zero attached hydrogens (tertiary/aromatic N) is 2. The zero-order valence-electron chi connectivity index (χ0n) is 6.53. The molecule has 0 aliphatic carbocycles. The number of aromatic nitrogens is 2. The Kier molecular flexibility index (Phi) is 1.93. The predicted molar refractivity (Wildman–Crippen MR) is 44.7 cm³/mol. The van der Waals surface area contributed by atoms with Crippen LogP contribution in [0.3, 0.4) is 0 Å². The standard InChI is InChI=1S/C7H11N2OP/c1-2-11-9-5-4-8-7(9)3-6-10-11/h4-5H,2-3,6H2,1H3. The van der Waals surface area contributed by atoms with E-state index in [1.165, 1.54) is 5.82 Å². The summed E-state index contributed by atoms with van der Waals surface area (Å²) in [7, 11) is -0.394. The highest BCUT2D eigenvalue weighted by molar-refractivity contribution is 7.50. The van der Waals surface area contributed by atoms with Gasteiger partial charge in [-0.3, -0.25) is 4.34 Å². The van der Waals surface area contributed by atoms with Gasteiger partial charge in [0.2, 0.25) is 0 Å². The van der Waals surface area contributed by atoms with Crippen LogP contribution in [0.25, 0.3) is 0 Å². The third kappa shape index (κ3) is 1.19. The molecule has 0 bridgehead atoms. The molecule has 0 amide bonds. The van der Waals surface area contributed by atoms with E-state index in [4.69, 9.17) is 4.52 Å². The summed E-state index contributed by atoms with van der Waals surface area (Å²) in [5, 5.41) is 0. The van der Waals surface area contributed by atoms with Crippen molar-refractivity contribution in [1.29, 1.82) is 0 Å². The van der Waals surface area contributed by atoms with Gasteiger partial charge in [0.15, 0.2) is 0 Å². The normalized spacial score (nSPS) is 23.2. The zero-order valence-corrected chi connectivity index (χ0v) is 7.42. The zero-order chi connectivity index (χ0) is 7.68. The highest BCUT2D eigenvalue weighted by Crippen LogP contribution is 2.41. The summed E-state index contributed by atoms with van der Waals surface area (Å²) >= 11 is 0. The van der Waals surface area contributed by atoms with E-state index in [-0.39, 0.29) is 0 Å². The van der Waals surface area contributed by atoms with Crippen LogP contribution in [0.15, 0.2) is 12.4 Å². The lowest BCUT2D eigenvalue weighted by atomic mass is 10.4. The molecule has 2 heterocycles. The fourth-order valence-corrected chi connectivity index (χ4v) is 2.79. The van der Waals surface area contributed by atoms with Crippen LogP contribution in [0, 0.1) is 0 Å². The van der Waals surface area contributed by atoms with Crippen molar-refractivity contribution in [3.8, 4) is 0 Å². The van der Waals surface area contributed by atoms with Crippen LogP contribution < -0.4 is 0 Å². The van der Waals surface area contributed by atoms with Gasteiger partial charge in [0.1, 0.15) is 14.1 Å². The molecule has 11 heavy (non-hydrogen) atoms. The van der Waals surface area contributed by atoms with Gasteiger partial charge in [0.25, 0.3) is 0 Å². The molecular weight excluding hydrogens is 159 g/mol. The molecule has 1 unspecified atom stereocenters. The SMILES string of the molecule is CCP1OCCc2nccn21. The minimum absolute atomic E-state index is 0.394. The van der Waals surface area contributed by atoms with E-state index < -0.39 is 8.30 Å². The third-order valence-electron chi connectivity index (χ3n) is 1.77. The molecule has 0 radical (unpaired) electrons. The van der Waals surface area contributed by atoms with E-state index in [9.17, 15) is 0 Å². The average molecular weight is 170 g/mol. The molecule has 0 N–H and O–H groups in total. The van der Waals surface area contributed by atoms with Gasteiger partial charge in [0.05, 0.1) is 6.61 Å². The van der Waals surface area contributed by atoms with Crippen molar-refractivity contribution in [2.45, 2.75) is 13.3 Å². The van der Waals surface area contributed by atoms with E-state index in [0.29, 0.717) is 0 Å². The van der Waals surface area contributed by atoms with Crippen LogP contribution in [-0.4, -0.2) is 22.1 Å². The fraction of sp³-hybridized carbons (Fsp3) is 0.571. The van der Waals surface area contributed by atoms with Gasteiger partial charge in [-0.15, -0.1) is 0 Å². The second-order valence-corrected chi connectivity index (χ2v) is 4.47. The lowest BCUT2D eigenvalue weighted by Crippen LogP contribution is -2.12. The molecule has 1 aliphatic rings. The van der Waals surface area contributed by atoms with Crippen molar-refractivity contribution >= 4 is 8.30 Å². The van der Waals surface area contributed by atoms with Crippen LogP contribution in [0.2, 0.25) is 0 Å². The van der Waals surface area contributed by atoms with Crippen LogP contribution in [0.4, 0.5) is 0 Å². The molecule has 4 heteroatoms. The summed E-state index contributed by atoms with van der Waals surface area (Å²) < 4.78 is 7.78. The maximum atomic E-state index is 5.60. The first-order chi connectivity index (χ1) is 5.42. The molecular formula is C7H11N2OP. The maximum Gasteiger partial charge on any atom is 0.137 e. The maximum absolute atomic E-state index is 5.60. The highest BCUT2D eigenvalue weighted by Gasteiger charge is 2.18. The summed E-state index contributed by atoms with van der Waals surface area (Å²) in [5.41, 5.74) is 0. The van der Waals surface area contributed by atoms with Gasteiger partial charge < -0.3 is 4.52 Å². The summed E-state index contributed by atoms with van der Waals surface area (Å²) in [6, 6.07) is 0. The second kappa shape index (κ2) is 2.92. The highest BCUT2D eigenvalue weighted by atomic mass is 31.2. The van der Waals surface area contributed by atoms with Crippen molar-refractivity contribution in [1.82, 2.24) is 9.32 Å². The van der Waals surface area contributed by atoms with Crippen LogP contribution in [0.1, 0.15) is 12.7 Å². The first kappa shape index (κ1) is 7.26. The van der Waals surface area contributed by atoms with E-state index in [1.807, 2.05) is 12.4 Å². The Morgan fingerprint density at radius 2 is 2.73 bits per heavy atom. The number of imidazole rings is 1. The quantitative estimate of drug-likeness (QED) is 0.599. The summed E-state index contributed by atoms with van der Waals surface area (Å²) in [6.45, 7) is 3.00. The number of rotatable bonds is 1. The Balaban J connectivity index is 2.32. The van der Waals surface area contributed by atoms with Crippen molar-refractivity contribution in [2.24, 2.45) is 0 Å². The molecule has 2 rings (SSSR count). The van der Waals surface area contributed by atoms with Crippen molar-refractivity contribution in [3.05, 3.63) is 18.2 Å². The molecule has 1 aromatic rings. The van der Waals surface area contributed by atoms with Crippen molar-refractivity contribution in [2.75, 3.05) is 12.8 Å². The van der Waals surface area contributed by atoms with Crippen LogP contribution in [0.5, 0.6) is 0 Å². The molecule has 1 aromatic heterocycles. The number of fused-ring (bicyclic) bond motifs is 1. The minimum atomic E-state index is -0.394. The molecule has 3 nitrogen and oxygen atoms in total. The van der Waals surface area contributed by atoms with Crippen LogP contribution >= 0.6 is 8.30 Å². The van der Waals surface area contributed by atoms with E-state index in [1.54, 1.807) is 0 Å². The van der Waals surface area contributed by atoms with Crippen molar-refractivity contribution < 1.29 is 4.52 Å². The van der Waals surface area contributed by atoms with Gasteiger partial charge in [-0.05, 0) is 0 Å². The summed E-state index contributed by atoms with van der Waals surface area (Å²) in [4.78, 5) is 4.25. The van der Waals surface area contributed by atoms with Crippen LogP contribution in [-0.2, 0) is 10.9 Å². The fourth-order valence-electron chi connectivity index (χ4n) is 1.26. The minimum Gasteiger partial charge on any atom is -0.338 e. The van der Waals surface area contributed by atoms with E-state index in [2.05, 4.69) is 16.2 Å². The number of hydrogen-bond donors (Lipinski definition) is 0. The topological polar surface area (TPSA) is 27.1 Å². The van der Waals surface area contributed by atoms with Gasteiger partial charge in [-0.2, -0.15) is 0 Å². The Morgan fingerprint density at radius 1 is 1.82 bits per heavy atom. The smallest absolute Gasteiger partial charge is 0.137 e. The van der Waals surface area contributed by atoms with Gasteiger partial charge in [-0.25, -0.2) is 4.98 Å². The Bertz CT molecular complexity index is 248. The molecule has 0 aromatic carbocycles. The lowest BCUT2D eigenvalue weighted by molar-refractivity contribution is 0.332. The monoisotopic (exact) mass is 170 g/mol. The molecule has 1 atom stereocenters. The summed E-state index contributed by atoms with van der Waals surface area (Å²) in [6.07, 6.45) is 5.92. The molecule has 0 spiro atoms. The second-order valence-electron chi connectivity index (χ2n) is 2.44. The predicted octanol–water partition coefficient (Wildman–Crippen LogP) is 1.64. The first-order valence-electron chi connectivity index (χ1n) is 3.85. The molecule has 0 saturated carbocycles. The Morgan fingerprint density at radius 3 is 3.55 bits per heavy atom. The van der Waals surface area contributed by atoms with E-state index in [0.717, 1.165) is 19.2 Å². The summed E-state index contributed by atoms with van der Waals surface area (Å²) in [5.74, 6) is 1.18. The Labute approximate surface area is 67.3 Å². The van der Waals surface area contributed by atoms with Crippen molar-refractivity contribution in [3.63, 3.8) is 0 Å². The third-order valence-corrected chi connectivity index (χ3v) is 3.64. The van der Waals surface area contributed by atoms with Gasteiger partial charge >= 0.3 is 0 Å². The van der Waals surface area contributed by atoms with E-state index >= 15 is 0 Å². The average Bonchev–Trinajstić information content (AvgIpc) is 2.50. The largest absolute Gasteiger partial charge is 0.338 e. The number of hydrogen-bond acceptors (Lipinski definition) is 2. The molecule has 0 fully saturated rings. The van der Waals surface area contributed by atoms with Gasteiger partial charge in [-0.1, -0.05) is 6.92 Å².